The Labute approximate surface area is 129 Å². The summed E-state index contributed by atoms with van der Waals surface area (Å²) in [4.78, 5) is 1.53. The van der Waals surface area contributed by atoms with Crippen molar-refractivity contribution in [2.45, 2.75) is 18.4 Å². The minimum atomic E-state index is -3.60. The molecule has 102 valence electrons. The molecule has 1 heterocycles. The number of rotatable bonds is 4. The Morgan fingerprint density at radius 2 is 2.11 bits per heavy atom. The molecule has 2 aromatic rings. The van der Waals surface area contributed by atoms with Crippen LogP contribution in [-0.4, -0.2) is 13.5 Å². The fourth-order valence-electron chi connectivity index (χ4n) is 1.63. The lowest BCUT2D eigenvalue weighted by molar-refractivity contribution is 0.285. The largest absolute Gasteiger partial charge is 0.391 e. The summed E-state index contributed by atoms with van der Waals surface area (Å²) in [5, 5.41) is 9.06. The second-order valence-electron chi connectivity index (χ2n) is 3.91. The summed E-state index contributed by atoms with van der Waals surface area (Å²) in [7, 11) is -3.60. The SMILES string of the molecule is Cc1sc(CO)cc1S(=O)(=O)Nc1cccc(I)c1. The van der Waals surface area contributed by atoms with Crippen LogP contribution in [0, 0.1) is 10.5 Å². The average molecular weight is 409 g/mol. The summed E-state index contributed by atoms with van der Waals surface area (Å²) in [6.07, 6.45) is 0. The maximum Gasteiger partial charge on any atom is 0.263 e. The van der Waals surface area contributed by atoms with E-state index in [4.69, 9.17) is 5.11 Å². The van der Waals surface area contributed by atoms with Crippen LogP contribution in [0.5, 0.6) is 0 Å². The summed E-state index contributed by atoms with van der Waals surface area (Å²) < 4.78 is 28.0. The van der Waals surface area contributed by atoms with Crippen LogP contribution in [0.15, 0.2) is 35.2 Å². The molecule has 1 aromatic heterocycles. The van der Waals surface area contributed by atoms with Crippen LogP contribution < -0.4 is 4.72 Å². The molecule has 0 aliphatic rings. The molecule has 4 nitrogen and oxygen atoms in total. The average Bonchev–Trinajstić information content (AvgIpc) is 2.71. The first-order chi connectivity index (χ1) is 8.92. The van der Waals surface area contributed by atoms with E-state index in [0.717, 1.165) is 3.57 Å². The molecule has 0 fully saturated rings. The standard InChI is InChI=1S/C12H12INO3S2/c1-8-12(6-11(7-15)18-8)19(16,17)14-10-4-2-3-9(13)5-10/h2-6,14-15H,7H2,1H3. The van der Waals surface area contributed by atoms with Gasteiger partial charge in [0.2, 0.25) is 0 Å². The Bertz CT molecular complexity index is 695. The van der Waals surface area contributed by atoms with Gasteiger partial charge in [-0.15, -0.1) is 11.3 Å². The fraction of sp³-hybridized carbons (Fsp3) is 0.167. The molecule has 2 N–H and O–H groups in total. The number of hydrogen-bond donors (Lipinski definition) is 2. The first-order valence-electron chi connectivity index (χ1n) is 5.41. The highest BCUT2D eigenvalue weighted by Crippen LogP contribution is 2.27. The van der Waals surface area contributed by atoms with Gasteiger partial charge in [-0.2, -0.15) is 0 Å². The smallest absolute Gasteiger partial charge is 0.263 e. The molecule has 0 spiro atoms. The van der Waals surface area contributed by atoms with E-state index in [1.165, 1.54) is 17.4 Å². The first kappa shape index (κ1) is 14.8. The normalized spacial score (nSPS) is 11.5. The fourth-order valence-corrected chi connectivity index (χ4v) is 4.72. The first-order valence-corrected chi connectivity index (χ1v) is 8.79. The summed E-state index contributed by atoms with van der Waals surface area (Å²) in [6, 6.07) is 8.65. The zero-order valence-corrected chi connectivity index (χ0v) is 13.8. The Kier molecular flexibility index (Phi) is 4.49. The van der Waals surface area contributed by atoms with Crippen molar-refractivity contribution in [3.8, 4) is 0 Å². The molecule has 0 unspecified atom stereocenters. The summed E-state index contributed by atoms with van der Waals surface area (Å²) in [6.45, 7) is 1.58. The number of aryl methyl sites for hydroxylation is 1. The van der Waals surface area contributed by atoms with Crippen molar-refractivity contribution >= 4 is 49.6 Å². The number of nitrogens with one attached hydrogen (secondary N) is 1. The van der Waals surface area contributed by atoms with Gasteiger partial charge in [0, 0.05) is 19.0 Å². The Balaban J connectivity index is 2.34. The van der Waals surface area contributed by atoms with Gasteiger partial charge in [-0.05, 0) is 53.8 Å². The number of thiophene rings is 1. The number of benzene rings is 1. The van der Waals surface area contributed by atoms with Crippen LogP contribution in [0.2, 0.25) is 0 Å². The molecule has 0 atom stereocenters. The number of halogens is 1. The highest BCUT2D eigenvalue weighted by molar-refractivity contribution is 14.1. The van der Waals surface area contributed by atoms with E-state index in [0.29, 0.717) is 15.4 Å². The molecule has 0 aliphatic heterocycles. The third-order valence-electron chi connectivity index (χ3n) is 2.45. The van der Waals surface area contributed by atoms with Gasteiger partial charge >= 0.3 is 0 Å². The van der Waals surface area contributed by atoms with E-state index in [-0.39, 0.29) is 11.5 Å². The second kappa shape index (κ2) is 5.78. The highest BCUT2D eigenvalue weighted by atomic mass is 127. The van der Waals surface area contributed by atoms with Crippen LogP contribution in [0.4, 0.5) is 5.69 Å². The van der Waals surface area contributed by atoms with Gasteiger partial charge in [0.15, 0.2) is 0 Å². The molecule has 2 rings (SSSR count). The van der Waals surface area contributed by atoms with Crippen LogP contribution in [0.1, 0.15) is 9.75 Å². The summed E-state index contributed by atoms with van der Waals surface area (Å²) in [5.74, 6) is 0. The lowest BCUT2D eigenvalue weighted by Crippen LogP contribution is -2.13. The lowest BCUT2D eigenvalue weighted by Gasteiger charge is -2.07. The van der Waals surface area contributed by atoms with E-state index in [1.54, 1.807) is 25.1 Å². The number of sulfonamides is 1. The van der Waals surface area contributed by atoms with E-state index in [1.807, 2.05) is 6.07 Å². The zero-order valence-electron chi connectivity index (χ0n) is 10.1. The molecule has 0 saturated carbocycles. The molecular weight excluding hydrogens is 397 g/mol. The van der Waals surface area contributed by atoms with Crippen molar-refractivity contribution in [3.05, 3.63) is 43.7 Å². The molecule has 0 aliphatic carbocycles. The van der Waals surface area contributed by atoms with Gasteiger partial charge < -0.3 is 5.11 Å². The van der Waals surface area contributed by atoms with Crippen molar-refractivity contribution in [2.24, 2.45) is 0 Å². The topological polar surface area (TPSA) is 66.4 Å². The molecule has 0 saturated heterocycles. The third kappa shape index (κ3) is 3.47. The van der Waals surface area contributed by atoms with Crippen LogP contribution >= 0.6 is 33.9 Å². The van der Waals surface area contributed by atoms with Crippen molar-refractivity contribution in [3.63, 3.8) is 0 Å². The number of anilines is 1. The summed E-state index contributed by atoms with van der Waals surface area (Å²) in [5.41, 5.74) is 0.531. The van der Waals surface area contributed by atoms with Gasteiger partial charge in [0.1, 0.15) is 4.90 Å². The van der Waals surface area contributed by atoms with Crippen LogP contribution in [0.25, 0.3) is 0 Å². The number of aliphatic hydroxyl groups is 1. The van der Waals surface area contributed by atoms with Gasteiger partial charge in [-0.1, -0.05) is 6.07 Å². The Morgan fingerprint density at radius 3 is 2.68 bits per heavy atom. The minimum absolute atomic E-state index is 0.149. The molecular formula is C12H12INO3S2. The van der Waals surface area contributed by atoms with Crippen molar-refractivity contribution in [1.29, 1.82) is 0 Å². The van der Waals surface area contributed by atoms with E-state index >= 15 is 0 Å². The molecule has 1 aromatic carbocycles. The molecule has 7 heteroatoms. The highest BCUT2D eigenvalue weighted by Gasteiger charge is 2.19. The number of aliphatic hydroxyl groups excluding tert-OH is 1. The summed E-state index contributed by atoms with van der Waals surface area (Å²) >= 11 is 3.41. The van der Waals surface area contributed by atoms with Gasteiger partial charge in [-0.3, -0.25) is 4.72 Å². The predicted octanol–water partition coefficient (Wildman–Crippen LogP) is 2.95. The van der Waals surface area contributed by atoms with E-state index in [9.17, 15) is 8.42 Å². The minimum Gasteiger partial charge on any atom is -0.391 e. The molecule has 0 radical (unpaired) electrons. The monoisotopic (exact) mass is 409 g/mol. The van der Waals surface area contributed by atoms with Crippen LogP contribution in [-0.2, 0) is 16.6 Å². The van der Waals surface area contributed by atoms with Gasteiger partial charge in [-0.25, -0.2) is 8.42 Å². The lowest BCUT2D eigenvalue weighted by atomic mass is 10.3. The van der Waals surface area contributed by atoms with Crippen LogP contribution in [0.3, 0.4) is 0 Å². The predicted molar refractivity (Wildman–Crippen MR) is 84.9 cm³/mol. The zero-order chi connectivity index (χ0) is 14.0. The van der Waals surface area contributed by atoms with Gasteiger partial charge in [0.05, 0.1) is 6.61 Å². The van der Waals surface area contributed by atoms with E-state index in [2.05, 4.69) is 27.3 Å². The van der Waals surface area contributed by atoms with E-state index < -0.39 is 10.0 Å². The van der Waals surface area contributed by atoms with Crippen molar-refractivity contribution in [1.82, 2.24) is 0 Å². The quantitative estimate of drug-likeness (QED) is 0.764. The maximum atomic E-state index is 12.3. The third-order valence-corrected chi connectivity index (χ3v) is 5.79. The molecule has 19 heavy (non-hydrogen) atoms. The Hall–Kier alpha value is -0.640. The van der Waals surface area contributed by atoms with Crippen molar-refractivity contribution in [2.75, 3.05) is 4.72 Å². The second-order valence-corrected chi connectivity index (χ2v) is 8.14. The number of hydrogen-bond acceptors (Lipinski definition) is 4. The molecule has 0 bridgehead atoms. The van der Waals surface area contributed by atoms with Gasteiger partial charge in [0.25, 0.3) is 10.0 Å². The molecule has 0 amide bonds. The van der Waals surface area contributed by atoms with Crippen molar-refractivity contribution < 1.29 is 13.5 Å². The Morgan fingerprint density at radius 1 is 1.37 bits per heavy atom. The maximum absolute atomic E-state index is 12.3.